The molecule has 3 aromatic rings. The van der Waals surface area contributed by atoms with Crippen LogP contribution in [0.1, 0.15) is 11.1 Å². The summed E-state index contributed by atoms with van der Waals surface area (Å²) in [5.41, 5.74) is 1.86. The van der Waals surface area contributed by atoms with Gasteiger partial charge in [0.05, 0.1) is 20.6 Å². The molecule has 3 rings (SSSR count). The first kappa shape index (κ1) is 21.2. The maximum atomic E-state index is 12.1. The molecule has 6 heteroatoms. The number of carbonyl (C=O) groups is 2. The second kappa shape index (κ2) is 10.3. The van der Waals surface area contributed by atoms with E-state index < -0.39 is 5.97 Å². The molecule has 0 aliphatic heterocycles. The molecule has 3 aromatic carbocycles. The van der Waals surface area contributed by atoms with Gasteiger partial charge in [-0.05, 0) is 40.5 Å². The van der Waals surface area contributed by atoms with Gasteiger partial charge in [-0.2, -0.15) is 0 Å². The summed E-state index contributed by atoms with van der Waals surface area (Å²) in [4.78, 5) is 24.0. The van der Waals surface area contributed by atoms with Crippen LogP contribution >= 0.6 is 0 Å². The van der Waals surface area contributed by atoms with E-state index in [2.05, 4.69) is 5.32 Å². The maximum absolute atomic E-state index is 12.1. The van der Waals surface area contributed by atoms with Gasteiger partial charge in [-0.15, -0.1) is 0 Å². The zero-order chi connectivity index (χ0) is 21.3. The Bertz CT molecular complexity index is 1030. The number of nitrogens with one attached hydrogen (secondary N) is 1. The Kier molecular flexibility index (Phi) is 7.27. The molecule has 0 aromatic heterocycles. The Labute approximate surface area is 175 Å². The third-order valence-corrected chi connectivity index (χ3v) is 4.71. The Hall–Kier alpha value is -3.54. The van der Waals surface area contributed by atoms with E-state index in [0.717, 1.165) is 21.9 Å². The van der Waals surface area contributed by atoms with Crippen molar-refractivity contribution in [2.45, 2.75) is 12.8 Å². The molecule has 30 heavy (non-hydrogen) atoms. The fourth-order valence-electron chi connectivity index (χ4n) is 3.15. The lowest BCUT2D eigenvalue weighted by molar-refractivity contribution is -0.147. The summed E-state index contributed by atoms with van der Waals surface area (Å²) in [6.07, 6.45) is 0.751. The number of carbonyl (C=O) groups excluding carboxylic acids is 2. The topological polar surface area (TPSA) is 73.9 Å². The van der Waals surface area contributed by atoms with Crippen molar-refractivity contribution in [3.8, 4) is 11.5 Å². The zero-order valence-electron chi connectivity index (χ0n) is 17.1. The zero-order valence-corrected chi connectivity index (χ0v) is 17.1. The minimum Gasteiger partial charge on any atom is -0.493 e. The van der Waals surface area contributed by atoms with E-state index in [1.165, 1.54) is 0 Å². The van der Waals surface area contributed by atoms with E-state index in [9.17, 15) is 9.59 Å². The molecule has 6 nitrogen and oxygen atoms in total. The fourth-order valence-corrected chi connectivity index (χ4v) is 3.15. The van der Waals surface area contributed by atoms with Gasteiger partial charge >= 0.3 is 5.97 Å². The average Bonchev–Trinajstić information content (AvgIpc) is 2.77. The van der Waals surface area contributed by atoms with Crippen molar-refractivity contribution in [2.75, 3.05) is 27.4 Å². The summed E-state index contributed by atoms with van der Waals surface area (Å²) in [6, 6.07) is 19.4. The highest BCUT2D eigenvalue weighted by Crippen LogP contribution is 2.27. The molecule has 0 saturated heterocycles. The number of fused-ring (bicyclic) bond motifs is 1. The van der Waals surface area contributed by atoms with Crippen molar-refractivity contribution in [2.24, 2.45) is 0 Å². The molecular formula is C24H25NO5. The molecule has 0 heterocycles. The Balaban J connectivity index is 1.41. The summed E-state index contributed by atoms with van der Waals surface area (Å²) in [5, 5.41) is 4.93. The van der Waals surface area contributed by atoms with Gasteiger partial charge in [-0.3, -0.25) is 9.59 Å². The predicted molar refractivity (Wildman–Crippen MR) is 115 cm³/mol. The van der Waals surface area contributed by atoms with Gasteiger partial charge < -0.3 is 19.5 Å². The lowest BCUT2D eigenvalue weighted by Gasteiger charge is -2.10. The van der Waals surface area contributed by atoms with E-state index in [1.54, 1.807) is 14.2 Å². The molecule has 0 unspecified atom stereocenters. The molecule has 0 bridgehead atoms. The van der Waals surface area contributed by atoms with Crippen LogP contribution < -0.4 is 14.8 Å². The van der Waals surface area contributed by atoms with Gasteiger partial charge in [0.15, 0.2) is 18.1 Å². The molecule has 0 aliphatic carbocycles. The minimum absolute atomic E-state index is 0.129. The molecule has 0 aliphatic rings. The maximum Gasteiger partial charge on any atom is 0.310 e. The average molecular weight is 407 g/mol. The predicted octanol–water partition coefficient (Wildman–Crippen LogP) is 3.30. The van der Waals surface area contributed by atoms with Crippen LogP contribution in [0.25, 0.3) is 10.8 Å². The first-order valence-corrected chi connectivity index (χ1v) is 9.70. The normalized spacial score (nSPS) is 10.5. The summed E-state index contributed by atoms with van der Waals surface area (Å²) < 4.78 is 15.6. The van der Waals surface area contributed by atoms with Crippen LogP contribution in [0.5, 0.6) is 11.5 Å². The van der Waals surface area contributed by atoms with Crippen LogP contribution in [0.15, 0.2) is 60.7 Å². The van der Waals surface area contributed by atoms with Crippen LogP contribution in [0, 0.1) is 0 Å². The van der Waals surface area contributed by atoms with Crippen molar-refractivity contribution >= 4 is 22.6 Å². The number of esters is 1. The molecule has 156 valence electrons. The summed E-state index contributed by atoms with van der Waals surface area (Å²) in [7, 11) is 3.16. The van der Waals surface area contributed by atoms with E-state index >= 15 is 0 Å². The van der Waals surface area contributed by atoms with Gasteiger partial charge in [0.25, 0.3) is 5.91 Å². The number of rotatable bonds is 9. The van der Waals surface area contributed by atoms with Crippen molar-refractivity contribution in [3.63, 3.8) is 0 Å². The third kappa shape index (κ3) is 5.73. The van der Waals surface area contributed by atoms with Gasteiger partial charge in [-0.1, -0.05) is 48.5 Å². The smallest absolute Gasteiger partial charge is 0.310 e. The van der Waals surface area contributed by atoms with Crippen LogP contribution in [0.4, 0.5) is 0 Å². The number of benzene rings is 3. The third-order valence-electron chi connectivity index (χ3n) is 4.71. The summed E-state index contributed by atoms with van der Waals surface area (Å²) in [5.74, 6) is 0.537. The lowest BCUT2D eigenvalue weighted by Crippen LogP contribution is -2.30. The van der Waals surface area contributed by atoms with Gasteiger partial charge in [-0.25, -0.2) is 0 Å². The number of hydrogen-bond acceptors (Lipinski definition) is 5. The number of methoxy groups -OCH3 is 2. The summed E-state index contributed by atoms with van der Waals surface area (Å²) in [6.45, 7) is 0.134. The monoisotopic (exact) mass is 407 g/mol. The molecule has 1 N–H and O–H groups in total. The summed E-state index contributed by atoms with van der Waals surface area (Å²) >= 11 is 0. The fraction of sp³-hybridized carbons (Fsp3) is 0.250. The first-order chi connectivity index (χ1) is 14.6. The van der Waals surface area contributed by atoms with Crippen LogP contribution in [0.3, 0.4) is 0 Å². The van der Waals surface area contributed by atoms with Crippen LogP contribution in [-0.2, 0) is 27.2 Å². The molecule has 1 amide bonds. The second-order valence-electron chi connectivity index (χ2n) is 6.81. The van der Waals surface area contributed by atoms with Crippen molar-refractivity contribution in [1.82, 2.24) is 5.32 Å². The Morgan fingerprint density at radius 1 is 0.833 bits per heavy atom. The Morgan fingerprint density at radius 3 is 2.33 bits per heavy atom. The quantitative estimate of drug-likeness (QED) is 0.551. The molecule has 0 radical (unpaired) electrons. The van der Waals surface area contributed by atoms with E-state index in [0.29, 0.717) is 24.5 Å². The molecular weight excluding hydrogens is 382 g/mol. The van der Waals surface area contributed by atoms with Crippen molar-refractivity contribution < 1.29 is 23.8 Å². The number of ether oxygens (including phenoxy) is 3. The van der Waals surface area contributed by atoms with Gasteiger partial charge in [0, 0.05) is 6.54 Å². The van der Waals surface area contributed by atoms with Crippen molar-refractivity contribution in [1.29, 1.82) is 0 Å². The molecule has 0 spiro atoms. The minimum atomic E-state index is -0.430. The number of amides is 1. The van der Waals surface area contributed by atoms with Crippen LogP contribution in [0.2, 0.25) is 0 Å². The van der Waals surface area contributed by atoms with Crippen LogP contribution in [-0.4, -0.2) is 39.2 Å². The van der Waals surface area contributed by atoms with Gasteiger partial charge in [0.1, 0.15) is 0 Å². The van der Waals surface area contributed by atoms with Crippen molar-refractivity contribution in [3.05, 3.63) is 71.8 Å². The standard InChI is InChI=1S/C24H25NO5/c1-28-21-10-8-17(14-22(21)29-2)11-12-25-23(26)16-30-24(27)15-18-7-9-19-5-3-4-6-20(19)13-18/h3-10,13-14H,11-12,15-16H2,1-2H3,(H,25,26). The molecule has 0 atom stereocenters. The Morgan fingerprint density at radius 2 is 1.57 bits per heavy atom. The largest absolute Gasteiger partial charge is 0.493 e. The number of hydrogen-bond donors (Lipinski definition) is 1. The van der Waals surface area contributed by atoms with E-state index in [1.807, 2.05) is 60.7 Å². The SMILES string of the molecule is COc1ccc(CCNC(=O)COC(=O)Cc2ccc3ccccc3c2)cc1OC. The second-order valence-corrected chi connectivity index (χ2v) is 6.81. The highest BCUT2D eigenvalue weighted by atomic mass is 16.5. The first-order valence-electron chi connectivity index (χ1n) is 9.70. The van der Waals surface area contributed by atoms with E-state index in [4.69, 9.17) is 14.2 Å². The molecule has 0 fully saturated rings. The van der Waals surface area contributed by atoms with Gasteiger partial charge in [0.2, 0.25) is 0 Å². The highest BCUT2D eigenvalue weighted by Gasteiger charge is 2.10. The lowest BCUT2D eigenvalue weighted by atomic mass is 10.1. The highest BCUT2D eigenvalue weighted by molar-refractivity contribution is 5.85. The molecule has 0 saturated carbocycles. The van der Waals surface area contributed by atoms with E-state index in [-0.39, 0.29) is 18.9 Å².